The van der Waals surface area contributed by atoms with E-state index in [2.05, 4.69) is 25.5 Å². The van der Waals surface area contributed by atoms with Gasteiger partial charge < -0.3 is 19.8 Å². The van der Waals surface area contributed by atoms with Gasteiger partial charge in [0, 0.05) is 24.6 Å². The van der Waals surface area contributed by atoms with Gasteiger partial charge in [0.25, 0.3) is 0 Å². The Hall–Kier alpha value is -3.92. The molecule has 4 aromatic rings. The summed E-state index contributed by atoms with van der Waals surface area (Å²) in [7, 11) is -3.26. The number of anilines is 1. The first-order chi connectivity index (χ1) is 15.5. The van der Waals surface area contributed by atoms with Crippen molar-refractivity contribution >= 4 is 15.7 Å². The van der Waals surface area contributed by atoms with Crippen LogP contribution >= 0.6 is 0 Å². The quantitative estimate of drug-likeness (QED) is 0.460. The number of benzene rings is 2. The highest BCUT2D eigenvalue weighted by molar-refractivity contribution is 7.90. The van der Waals surface area contributed by atoms with E-state index >= 15 is 0 Å². The van der Waals surface area contributed by atoms with Crippen LogP contribution in [0, 0.1) is 0 Å². The summed E-state index contributed by atoms with van der Waals surface area (Å²) in [6.45, 7) is 0.774. The molecule has 10 heteroatoms. The number of sulfone groups is 1. The number of pyridine rings is 1. The minimum atomic E-state index is -3.26. The molecule has 0 amide bonds. The number of nitrogens with one attached hydrogen (secondary N) is 2. The van der Waals surface area contributed by atoms with Gasteiger partial charge in [-0.3, -0.25) is 0 Å². The van der Waals surface area contributed by atoms with Crippen molar-refractivity contribution in [3.05, 3.63) is 66.4 Å². The average molecular weight is 449 g/mol. The highest BCUT2D eigenvalue weighted by Crippen LogP contribution is 2.33. The molecular formula is C22H19N5O4S. The number of rotatable bonds is 6. The number of nitrogens with zero attached hydrogens (tertiary/aromatic N) is 3. The lowest BCUT2D eigenvalue weighted by molar-refractivity contribution is 0.174. The maximum atomic E-state index is 11.7. The fraction of sp³-hybridized carbons (Fsp3) is 0.136. The Bertz CT molecular complexity index is 1380. The maximum Gasteiger partial charge on any atom is 0.231 e. The molecule has 0 radical (unpaired) electrons. The van der Waals surface area contributed by atoms with E-state index in [4.69, 9.17) is 9.47 Å². The standard InChI is InChI=1S/C22H19N5O4S/c1-32(28,29)16-7-5-15(6-8-16)20-25-22(27-26-20)17-3-2-10-23-21(17)24-12-14-4-9-18-19(11-14)31-13-30-18/h2-11H,12-13H2,1H3,(H,23,24)(H,25,26,27). The molecule has 1 aliphatic rings. The molecule has 0 fully saturated rings. The molecule has 0 saturated heterocycles. The first kappa shape index (κ1) is 20.0. The third-order valence-corrected chi connectivity index (χ3v) is 6.13. The molecule has 9 nitrogen and oxygen atoms in total. The van der Waals surface area contributed by atoms with E-state index in [1.807, 2.05) is 30.3 Å². The van der Waals surface area contributed by atoms with Gasteiger partial charge in [0.15, 0.2) is 33.0 Å². The average Bonchev–Trinajstić information content (AvgIpc) is 3.47. The minimum absolute atomic E-state index is 0.238. The van der Waals surface area contributed by atoms with Gasteiger partial charge in [-0.15, -0.1) is 10.2 Å². The predicted octanol–water partition coefficient (Wildman–Crippen LogP) is 3.28. The number of ether oxygens (including phenoxy) is 2. The number of H-pyrrole nitrogens is 1. The van der Waals surface area contributed by atoms with Gasteiger partial charge in [0.2, 0.25) is 6.79 Å². The summed E-state index contributed by atoms with van der Waals surface area (Å²) < 4.78 is 34.1. The van der Waals surface area contributed by atoms with Crippen LogP contribution in [0.15, 0.2) is 65.7 Å². The van der Waals surface area contributed by atoms with E-state index in [0.29, 0.717) is 24.0 Å². The van der Waals surface area contributed by atoms with Gasteiger partial charge >= 0.3 is 0 Å². The van der Waals surface area contributed by atoms with Gasteiger partial charge in [0.05, 0.1) is 10.5 Å². The zero-order chi connectivity index (χ0) is 22.1. The zero-order valence-electron chi connectivity index (χ0n) is 17.1. The Morgan fingerprint density at radius 3 is 2.59 bits per heavy atom. The van der Waals surface area contributed by atoms with Crippen molar-refractivity contribution in [1.29, 1.82) is 0 Å². The summed E-state index contributed by atoms with van der Waals surface area (Å²) >= 11 is 0. The molecule has 5 rings (SSSR count). The van der Waals surface area contributed by atoms with E-state index in [1.165, 1.54) is 6.26 Å². The van der Waals surface area contributed by atoms with Crippen LogP contribution in [-0.4, -0.2) is 41.6 Å². The molecule has 0 bridgehead atoms. The second-order valence-electron chi connectivity index (χ2n) is 7.26. The predicted molar refractivity (Wildman–Crippen MR) is 118 cm³/mol. The van der Waals surface area contributed by atoms with Crippen LogP contribution in [0.1, 0.15) is 5.56 Å². The molecule has 0 aliphatic carbocycles. The van der Waals surface area contributed by atoms with Crippen molar-refractivity contribution in [2.45, 2.75) is 11.4 Å². The van der Waals surface area contributed by atoms with Crippen molar-refractivity contribution in [2.24, 2.45) is 0 Å². The van der Waals surface area contributed by atoms with Gasteiger partial charge in [0.1, 0.15) is 5.82 Å². The maximum absolute atomic E-state index is 11.7. The Morgan fingerprint density at radius 1 is 1.00 bits per heavy atom. The van der Waals surface area contributed by atoms with Crippen LogP contribution in [0.25, 0.3) is 22.8 Å². The highest BCUT2D eigenvalue weighted by Gasteiger charge is 2.15. The largest absolute Gasteiger partial charge is 0.454 e. The summed E-state index contributed by atoms with van der Waals surface area (Å²) in [5, 5.41) is 11.8. The van der Waals surface area contributed by atoms with E-state index in [0.717, 1.165) is 28.2 Å². The summed E-state index contributed by atoms with van der Waals surface area (Å²) in [5.41, 5.74) is 2.52. The van der Waals surface area contributed by atoms with Gasteiger partial charge in [-0.2, -0.15) is 0 Å². The Morgan fingerprint density at radius 2 is 1.78 bits per heavy atom. The van der Waals surface area contributed by atoms with Crippen LogP contribution in [0.3, 0.4) is 0 Å². The van der Waals surface area contributed by atoms with E-state index < -0.39 is 9.84 Å². The Balaban J connectivity index is 1.36. The monoisotopic (exact) mass is 449 g/mol. The summed E-state index contributed by atoms with van der Waals surface area (Å²) in [5.74, 6) is 3.21. The van der Waals surface area contributed by atoms with E-state index in [-0.39, 0.29) is 11.7 Å². The number of hydrogen-bond acceptors (Lipinski definition) is 8. The lowest BCUT2D eigenvalue weighted by Gasteiger charge is -2.09. The second kappa shape index (κ2) is 7.97. The normalized spacial score (nSPS) is 12.7. The van der Waals surface area contributed by atoms with Gasteiger partial charge in [-0.05, 0) is 54.1 Å². The van der Waals surface area contributed by atoms with Crippen molar-refractivity contribution in [3.8, 4) is 34.3 Å². The third kappa shape index (κ3) is 4.00. The van der Waals surface area contributed by atoms with Crippen LogP contribution in [0.2, 0.25) is 0 Å². The second-order valence-corrected chi connectivity index (χ2v) is 9.28. The molecule has 32 heavy (non-hydrogen) atoms. The Labute approximate surface area is 184 Å². The fourth-order valence-corrected chi connectivity index (χ4v) is 3.98. The topological polar surface area (TPSA) is 119 Å². The van der Waals surface area contributed by atoms with Crippen LogP contribution in [0.5, 0.6) is 11.5 Å². The van der Waals surface area contributed by atoms with E-state index in [9.17, 15) is 8.42 Å². The molecule has 1 aliphatic heterocycles. The van der Waals surface area contributed by atoms with Crippen molar-refractivity contribution in [1.82, 2.24) is 20.2 Å². The van der Waals surface area contributed by atoms with Crippen LogP contribution in [0.4, 0.5) is 5.82 Å². The molecule has 0 atom stereocenters. The van der Waals surface area contributed by atoms with E-state index in [1.54, 1.807) is 30.5 Å². The summed E-state index contributed by atoms with van der Waals surface area (Å²) in [6, 6.07) is 16.0. The first-order valence-corrected chi connectivity index (χ1v) is 11.7. The van der Waals surface area contributed by atoms with Crippen molar-refractivity contribution < 1.29 is 17.9 Å². The molecule has 0 saturated carbocycles. The fourth-order valence-electron chi connectivity index (χ4n) is 3.35. The van der Waals surface area contributed by atoms with Crippen LogP contribution in [-0.2, 0) is 16.4 Å². The molecule has 2 N–H and O–H groups in total. The lowest BCUT2D eigenvalue weighted by atomic mass is 10.2. The number of aromatic nitrogens is 4. The molecule has 3 heterocycles. The van der Waals surface area contributed by atoms with Gasteiger partial charge in [-0.1, -0.05) is 6.07 Å². The molecule has 162 valence electrons. The Kier molecular flexibility index (Phi) is 4.98. The molecule has 2 aromatic carbocycles. The molecule has 0 spiro atoms. The first-order valence-electron chi connectivity index (χ1n) is 9.78. The van der Waals surface area contributed by atoms with Crippen molar-refractivity contribution in [2.75, 3.05) is 18.4 Å². The summed E-state index contributed by atoms with van der Waals surface area (Å²) in [6.07, 6.45) is 2.88. The molecule has 2 aromatic heterocycles. The van der Waals surface area contributed by atoms with Gasteiger partial charge in [-0.25, -0.2) is 13.4 Å². The molecule has 0 unspecified atom stereocenters. The van der Waals surface area contributed by atoms with Crippen molar-refractivity contribution in [3.63, 3.8) is 0 Å². The SMILES string of the molecule is CS(=O)(=O)c1ccc(-c2nnc(-c3cccnc3NCc3ccc4c(c3)OCO4)[nH]2)cc1. The smallest absolute Gasteiger partial charge is 0.231 e. The zero-order valence-corrected chi connectivity index (χ0v) is 17.9. The van der Waals surface area contributed by atoms with Crippen LogP contribution < -0.4 is 14.8 Å². The number of aromatic amines is 1. The number of fused-ring (bicyclic) bond motifs is 1. The third-order valence-electron chi connectivity index (χ3n) is 5.00. The summed E-state index contributed by atoms with van der Waals surface area (Å²) in [4.78, 5) is 7.88. The highest BCUT2D eigenvalue weighted by atomic mass is 32.2. The molecular weight excluding hydrogens is 430 g/mol. The number of hydrogen-bond donors (Lipinski definition) is 2. The lowest BCUT2D eigenvalue weighted by Crippen LogP contribution is -2.03. The minimum Gasteiger partial charge on any atom is -0.454 e.